The van der Waals surface area contributed by atoms with Crippen LogP contribution in [0.15, 0.2) is 24.3 Å². The number of hydrogen-bond acceptors (Lipinski definition) is 2. The second-order valence-electron chi connectivity index (χ2n) is 7.95. The van der Waals surface area contributed by atoms with Crippen molar-refractivity contribution in [1.29, 1.82) is 0 Å². The van der Waals surface area contributed by atoms with Gasteiger partial charge in [-0.05, 0) is 18.6 Å². The summed E-state index contributed by atoms with van der Waals surface area (Å²) >= 11 is 0. The van der Waals surface area contributed by atoms with Gasteiger partial charge >= 0.3 is 35.5 Å². The van der Waals surface area contributed by atoms with Crippen molar-refractivity contribution in [1.82, 2.24) is 0 Å². The average molecular weight is 415 g/mol. The number of unbranched alkanes of at least 4 members (excludes halogenated alkanes) is 15. The van der Waals surface area contributed by atoms with E-state index in [1.54, 1.807) is 18.2 Å². The molecular weight excluding hydrogens is 371 g/mol. The van der Waals surface area contributed by atoms with E-state index < -0.39 is 5.97 Å². The minimum Gasteiger partial charge on any atom is -1.00 e. The number of benzene rings is 1. The predicted octanol–water partition coefficient (Wildman–Crippen LogP) is 5.14. The second kappa shape index (κ2) is 20.8. The first-order chi connectivity index (χ1) is 13.8. The molecule has 1 aromatic carbocycles. The molecule has 0 aliphatic rings. The summed E-state index contributed by atoms with van der Waals surface area (Å²) in [7, 11) is 0. The molecule has 29 heavy (non-hydrogen) atoms. The molecular formula is C25H43NaO3. The largest absolute Gasteiger partial charge is 1.00 e. The quantitative estimate of drug-likeness (QED) is 0.252. The minimum absolute atomic E-state index is 0. The minimum atomic E-state index is -0.928. The Morgan fingerprint density at radius 3 is 1.62 bits per heavy atom. The standard InChI is InChI=1S/C25H42O3.Na.H/c1-2-3-4-5-6-7-8-9-10-11-12-13-14-15-16-19-22-28-24-21-18-17-20-23(24)25(26)27;;/h17-18,20-21H,2-16,19,22H2,1H3,(H,26,27);;/q;+1;-1. The van der Waals surface area contributed by atoms with Gasteiger partial charge in [-0.1, -0.05) is 115 Å². The van der Waals surface area contributed by atoms with Crippen molar-refractivity contribution in [3.63, 3.8) is 0 Å². The molecule has 162 valence electrons. The van der Waals surface area contributed by atoms with Crippen molar-refractivity contribution < 1.29 is 45.6 Å². The molecule has 0 atom stereocenters. The van der Waals surface area contributed by atoms with E-state index in [1.807, 2.05) is 6.07 Å². The summed E-state index contributed by atoms with van der Waals surface area (Å²) < 4.78 is 5.64. The molecule has 0 amide bonds. The zero-order valence-corrected chi connectivity index (χ0v) is 21.1. The van der Waals surface area contributed by atoms with Crippen LogP contribution in [-0.4, -0.2) is 17.7 Å². The van der Waals surface area contributed by atoms with Gasteiger partial charge in [-0.25, -0.2) is 4.79 Å². The second-order valence-corrected chi connectivity index (χ2v) is 7.95. The van der Waals surface area contributed by atoms with Gasteiger partial charge in [0.1, 0.15) is 11.3 Å². The third-order valence-electron chi connectivity index (χ3n) is 5.37. The SMILES string of the molecule is CCCCCCCCCCCCCCCCCCOc1ccccc1C(=O)O.[H-].[Na+]. The van der Waals surface area contributed by atoms with Crippen LogP contribution in [0, 0.1) is 0 Å². The Balaban J connectivity index is 0. The van der Waals surface area contributed by atoms with Crippen LogP contribution >= 0.6 is 0 Å². The molecule has 1 rings (SSSR count). The van der Waals surface area contributed by atoms with Gasteiger partial charge in [-0.3, -0.25) is 0 Å². The van der Waals surface area contributed by atoms with Gasteiger partial charge in [0, 0.05) is 0 Å². The number of carboxylic acid groups (broad SMARTS) is 1. The summed E-state index contributed by atoms with van der Waals surface area (Å²) in [6, 6.07) is 6.86. The summed E-state index contributed by atoms with van der Waals surface area (Å²) in [5, 5.41) is 9.13. The smallest absolute Gasteiger partial charge is 1.00 e. The van der Waals surface area contributed by atoms with Gasteiger partial charge < -0.3 is 11.3 Å². The third kappa shape index (κ3) is 15.9. The van der Waals surface area contributed by atoms with Crippen molar-refractivity contribution in [2.45, 2.75) is 110 Å². The van der Waals surface area contributed by atoms with Crippen LogP contribution in [0.3, 0.4) is 0 Å². The summed E-state index contributed by atoms with van der Waals surface area (Å²) in [4.78, 5) is 11.1. The predicted molar refractivity (Wildman–Crippen MR) is 120 cm³/mol. The van der Waals surface area contributed by atoms with E-state index in [1.165, 1.54) is 89.9 Å². The summed E-state index contributed by atoms with van der Waals surface area (Å²) in [5.74, 6) is -0.446. The molecule has 0 unspecified atom stereocenters. The summed E-state index contributed by atoms with van der Waals surface area (Å²) in [5.41, 5.74) is 0.249. The molecule has 0 saturated carbocycles. The van der Waals surface area contributed by atoms with Gasteiger partial charge in [0.25, 0.3) is 0 Å². The fourth-order valence-corrected chi connectivity index (χ4v) is 3.60. The molecule has 0 aromatic heterocycles. The maximum Gasteiger partial charge on any atom is 1.00 e. The zero-order chi connectivity index (χ0) is 20.3. The Labute approximate surface area is 202 Å². The molecule has 3 nitrogen and oxygen atoms in total. The van der Waals surface area contributed by atoms with Gasteiger partial charge in [-0.2, -0.15) is 0 Å². The van der Waals surface area contributed by atoms with Crippen molar-refractivity contribution in [3.05, 3.63) is 29.8 Å². The van der Waals surface area contributed by atoms with Gasteiger partial charge in [0.05, 0.1) is 6.61 Å². The molecule has 0 fully saturated rings. The molecule has 0 saturated heterocycles. The maximum atomic E-state index is 11.1. The van der Waals surface area contributed by atoms with Crippen LogP contribution < -0.4 is 34.3 Å². The number of hydrogen-bond donors (Lipinski definition) is 1. The Morgan fingerprint density at radius 1 is 0.759 bits per heavy atom. The third-order valence-corrected chi connectivity index (χ3v) is 5.37. The monoisotopic (exact) mass is 414 g/mol. The van der Waals surface area contributed by atoms with E-state index in [4.69, 9.17) is 9.84 Å². The Hall–Kier alpha value is -0.510. The summed E-state index contributed by atoms with van der Waals surface area (Å²) in [6.45, 7) is 2.88. The average Bonchev–Trinajstić information content (AvgIpc) is 2.70. The van der Waals surface area contributed by atoms with E-state index >= 15 is 0 Å². The summed E-state index contributed by atoms with van der Waals surface area (Å²) in [6.07, 6.45) is 21.6. The molecule has 0 aliphatic heterocycles. The van der Waals surface area contributed by atoms with Crippen molar-refractivity contribution >= 4 is 5.97 Å². The molecule has 1 aromatic rings. The topological polar surface area (TPSA) is 46.5 Å². The number of carbonyl (C=O) groups is 1. The number of aromatic carboxylic acids is 1. The number of ether oxygens (including phenoxy) is 1. The van der Waals surface area contributed by atoms with E-state index in [0.29, 0.717) is 12.4 Å². The number of carboxylic acids is 1. The zero-order valence-electron chi connectivity index (χ0n) is 20.1. The number of rotatable bonds is 19. The van der Waals surface area contributed by atoms with Gasteiger partial charge in [0.2, 0.25) is 0 Å². The van der Waals surface area contributed by atoms with Crippen molar-refractivity contribution in [2.24, 2.45) is 0 Å². The fourth-order valence-electron chi connectivity index (χ4n) is 3.60. The Morgan fingerprint density at radius 2 is 1.17 bits per heavy atom. The first-order valence-corrected chi connectivity index (χ1v) is 11.7. The normalized spacial score (nSPS) is 10.5. The molecule has 0 aliphatic carbocycles. The van der Waals surface area contributed by atoms with Crippen molar-refractivity contribution in [2.75, 3.05) is 6.61 Å². The van der Waals surface area contributed by atoms with Crippen molar-refractivity contribution in [3.8, 4) is 5.75 Å². The Bertz CT molecular complexity index is 511. The van der Waals surface area contributed by atoms with Gasteiger partial charge in [-0.15, -0.1) is 0 Å². The molecule has 0 radical (unpaired) electrons. The van der Waals surface area contributed by atoms with Gasteiger partial charge in [0.15, 0.2) is 0 Å². The fraction of sp³-hybridized carbons (Fsp3) is 0.720. The molecule has 4 heteroatoms. The molecule has 0 bridgehead atoms. The van der Waals surface area contributed by atoms with E-state index in [9.17, 15) is 4.79 Å². The van der Waals surface area contributed by atoms with E-state index in [-0.39, 0.29) is 36.5 Å². The van der Waals surface area contributed by atoms with Crippen LogP contribution in [0.5, 0.6) is 5.75 Å². The van der Waals surface area contributed by atoms with Crippen LogP contribution in [0.1, 0.15) is 121 Å². The van der Waals surface area contributed by atoms with Crippen LogP contribution in [-0.2, 0) is 0 Å². The molecule has 0 heterocycles. The van der Waals surface area contributed by atoms with Crippen LogP contribution in [0.4, 0.5) is 0 Å². The Kier molecular flexibility index (Phi) is 20.4. The van der Waals surface area contributed by atoms with E-state index in [2.05, 4.69) is 6.92 Å². The number of para-hydroxylation sites is 1. The first-order valence-electron chi connectivity index (χ1n) is 11.7. The first kappa shape index (κ1) is 28.5. The molecule has 0 spiro atoms. The maximum absolute atomic E-state index is 11.1. The molecule has 1 N–H and O–H groups in total. The van der Waals surface area contributed by atoms with E-state index in [0.717, 1.165) is 12.8 Å². The van der Waals surface area contributed by atoms with Crippen LogP contribution in [0.2, 0.25) is 0 Å². The van der Waals surface area contributed by atoms with Crippen LogP contribution in [0.25, 0.3) is 0 Å².